The van der Waals surface area contributed by atoms with Crippen LogP contribution < -0.4 is 0 Å². The molecule has 2 heterocycles. The van der Waals surface area contributed by atoms with Gasteiger partial charge in [0.05, 0.1) is 15.5 Å². The maximum Gasteiger partial charge on any atom is 0.435 e. The summed E-state index contributed by atoms with van der Waals surface area (Å²) in [6.07, 6.45) is -3.39. The van der Waals surface area contributed by atoms with Gasteiger partial charge in [-0.3, -0.25) is 4.68 Å². The molecule has 0 N–H and O–H groups in total. The lowest BCUT2D eigenvalue weighted by molar-refractivity contribution is -0.141. The van der Waals surface area contributed by atoms with Crippen LogP contribution in [0.5, 0.6) is 0 Å². The molecule has 0 spiro atoms. The second kappa shape index (κ2) is 7.67. The van der Waals surface area contributed by atoms with Gasteiger partial charge in [0, 0.05) is 16.9 Å². The van der Waals surface area contributed by atoms with E-state index in [1.165, 1.54) is 49.5 Å². The minimum atomic E-state index is -4.57. The summed E-state index contributed by atoms with van der Waals surface area (Å²) in [6.45, 7) is 0. The van der Waals surface area contributed by atoms with Crippen LogP contribution in [0.4, 0.5) is 13.2 Å². The molecule has 0 unspecified atom stereocenters. The van der Waals surface area contributed by atoms with E-state index in [1.807, 2.05) is 0 Å². The Morgan fingerprint density at radius 3 is 2.45 bits per heavy atom. The van der Waals surface area contributed by atoms with Gasteiger partial charge in [0.25, 0.3) is 0 Å². The Labute approximate surface area is 173 Å². The molecule has 11 heteroatoms. The second-order valence-corrected chi connectivity index (χ2v) is 9.29. The van der Waals surface area contributed by atoms with Crippen LogP contribution in [-0.4, -0.2) is 18.2 Å². The predicted octanol–water partition coefficient (Wildman–Crippen LogP) is 5.16. The lowest BCUT2D eigenvalue weighted by Gasteiger charge is -2.02. The normalized spacial score (nSPS) is 12.8. The minimum Gasteiger partial charge on any atom is -0.267 e. The summed E-state index contributed by atoms with van der Waals surface area (Å²) in [4.78, 5) is 0.258. The van der Waals surface area contributed by atoms with Crippen LogP contribution >= 0.6 is 22.9 Å². The van der Waals surface area contributed by atoms with Crippen LogP contribution in [-0.2, 0) is 23.1 Å². The molecule has 3 rings (SSSR count). The molecule has 29 heavy (non-hydrogen) atoms. The largest absolute Gasteiger partial charge is 0.435 e. The fourth-order valence-corrected chi connectivity index (χ4v) is 4.79. The molecule has 0 saturated heterocycles. The van der Waals surface area contributed by atoms with Gasteiger partial charge < -0.3 is 0 Å². The van der Waals surface area contributed by atoms with Crippen molar-refractivity contribution in [2.75, 3.05) is 0 Å². The zero-order chi connectivity index (χ0) is 21.4. The topological polar surface area (TPSA) is 75.8 Å². The Balaban J connectivity index is 1.98. The first kappa shape index (κ1) is 21.1. The average Bonchev–Trinajstić information content (AvgIpc) is 3.25. The van der Waals surface area contributed by atoms with Crippen LogP contribution in [0.1, 0.15) is 10.6 Å². The van der Waals surface area contributed by atoms with Gasteiger partial charge in [-0.25, -0.2) is 8.42 Å². The number of alkyl halides is 3. The van der Waals surface area contributed by atoms with Crippen molar-refractivity contribution in [2.45, 2.75) is 11.1 Å². The molecule has 0 radical (unpaired) electrons. The number of benzene rings is 1. The Morgan fingerprint density at radius 1 is 1.24 bits per heavy atom. The second-order valence-electron chi connectivity index (χ2n) is 5.82. The van der Waals surface area contributed by atoms with E-state index in [4.69, 9.17) is 11.6 Å². The first-order valence-electron chi connectivity index (χ1n) is 7.86. The van der Waals surface area contributed by atoms with Crippen LogP contribution in [0.15, 0.2) is 52.3 Å². The molecule has 0 aliphatic carbocycles. The van der Waals surface area contributed by atoms with E-state index < -0.39 is 26.6 Å². The van der Waals surface area contributed by atoms with Crippen LogP contribution in [0.25, 0.3) is 16.6 Å². The lowest BCUT2D eigenvalue weighted by atomic mass is 10.3. The van der Waals surface area contributed by atoms with E-state index in [0.717, 1.165) is 22.1 Å². The third-order valence-corrected chi connectivity index (χ3v) is 6.83. The lowest BCUT2D eigenvalue weighted by Crippen LogP contribution is -2.06. The quantitative estimate of drug-likeness (QED) is 0.507. The molecule has 0 amide bonds. The van der Waals surface area contributed by atoms with E-state index in [2.05, 4.69) is 5.10 Å². The number of rotatable bonds is 4. The summed E-state index contributed by atoms with van der Waals surface area (Å²) in [6, 6.07) is 11.0. The van der Waals surface area contributed by atoms with Crippen molar-refractivity contribution in [1.82, 2.24) is 9.78 Å². The standard InChI is InChI=1S/C18H11ClF3N3O2S2/c1-25-15(9-17(24-25)18(20,21)22)16-7-4-12(28-16)8-14(10-23)29(26,27)13-5-2-11(19)3-6-13/h2-9H,1H3. The SMILES string of the molecule is Cn1nc(C(F)(F)F)cc1-c1ccc(C=C(C#N)S(=O)(=O)c2ccc(Cl)cc2)s1. The van der Waals surface area contributed by atoms with Gasteiger partial charge >= 0.3 is 6.18 Å². The number of aromatic nitrogens is 2. The number of allylic oxidation sites excluding steroid dienone is 1. The highest BCUT2D eigenvalue weighted by molar-refractivity contribution is 7.95. The van der Waals surface area contributed by atoms with Gasteiger partial charge in [0.2, 0.25) is 9.84 Å². The van der Waals surface area contributed by atoms with Crippen molar-refractivity contribution >= 4 is 38.9 Å². The van der Waals surface area contributed by atoms with Crippen molar-refractivity contribution in [1.29, 1.82) is 5.26 Å². The number of halogens is 4. The Hall–Kier alpha value is -2.61. The third-order valence-electron chi connectivity index (χ3n) is 3.85. The van der Waals surface area contributed by atoms with E-state index >= 15 is 0 Å². The van der Waals surface area contributed by atoms with Gasteiger partial charge in [-0.05, 0) is 48.5 Å². The molecule has 3 aromatic rings. The summed E-state index contributed by atoms with van der Waals surface area (Å²) in [5.41, 5.74) is -0.801. The smallest absolute Gasteiger partial charge is 0.267 e. The van der Waals surface area contributed by atoms with Gasteiger partial charge in [-0.1, -0.05) is 11.6 Å². The molecule has 1 aromatic carbocycles. The fourth-order valence-electron chi connectivity index (χ4n) is 2.44. The van der Waals surface area contributed by atoms with Gasteiger partial charge in [-0.15, -0.1) is 11.3 Å². The maximum atomic E-state index is 12.8. The molecule has 0 saturated carbocycles. The van der Waals surface area contributed by atoms with Gasteiger partial charge in [0.15, 0.2) is 10.6 Å². The van der Waals surface area contributed by atoms with Crippen molar-refractivity contribution in [3.05, 3.63) is 63.0 Å². The highest BCUT2D eigenvalue weighted by atomic mass is 35.5. The van der Waals surface area contributed by atoms with Crippen molar-refractivity contribution in [3.8, 4) is 16.6 Å². The van der Waals surface area contributed by atoms with E-state index in [9.17, 15) is 26.9 Å². The van der Waals surface area contributed by atoms with E-state index in [1.54, 1.807) is 6.07 Å². The molecule has 0 fully saturated rings. The summed E-state index contributed by atoms with van der Waals surface area (Å²) in [5, 5.41) is 13.1. The fraction of sp³-hybridized carbons (Fsp3) is 0.111. The van der Waals surface area contributed by atoms with Gasteiger partial charge in [0.1, 0.15) is 6.07 Å². The van der Waals surface area contributed by atoms with Crippen LogP contribution in [0, 0.1) is 11.3 Å². The van der Waals surface area contributed by atoms with Crippen LogP contribution in [0.2, 0.25) is 5.02 Å². The first-order valence-corrected chi connectivity index (χ1v) is 10.5. The molecule has 0 aliphatic rings. The zero-order valence-electron chi connectivity index (χ0n) is 14.6. The number of nitriles is 1. The zero-order valence-corrected chi connectivity index (χ0v) is 17.0. The molecular weight excluding hydrogens is 447 g/mol. The van der Waals surface area contributed by atoms with Crippen molar-refractivity contribution < 1.29 is 21.6 Å². The maximum absolute atomic E-state index is 12.8. The molecule has 5 nitrogen and oxygen atoms in total. The average molecular weight is 458 g/mol. The molecule has 0 atom stereocenters. The summed E-state index contributed by atoms with van der Waals surface area (Å²) in [7, 11) is -2.68. The number of hydrogen-bond donors (Lipinski definition) is 0. The highest BCUT2D eigenvalue weighted by Gasteiger charge is 2.34. The van der Waals surface area contributed by atoms with Gasteiger partial charge in [-0.2, -0.15) is 23.5 Å². The Morgan fingerprint density at radius 2 is 1.90 bits per heavy atom. The molecule has 150 valence electrons. The van der Waals surface area contributed by atoms with Crippen molar-refractivity contribution in [2.24, 2.45) is 7.05 Å². The first-order chi connectivity index (χ1) is 13.5. The number of hydrogen-bond acceptors (Lipinski definition) is 5. The summed E-state index contributed by atoms with van der Waals surface area (Å²) >= 11 is 6.80. The number of thiophene rings is 1. The summed E-state index contributed by atoms with van der Waals surface area (Å²) < 4.78 is 64.9. The van der Waals surface area contributed by atoms with Crippen LogP contribution in [0.3, 0.4) is 0 Å². The van der Waals surface area contributed by atoms with E-state index in [0.29, 0.717) is 14.8 Å². The molecule has 2 aromatic heterocycles. The minimum absolute atomic E-state index is 0.0899. The Bertz CT molecular complexity index is 1230. The summed E-state index contributed by atoms with van der Waals surface area (Å²) in [5.74, 6) is 0. The Kier molecular flexibility index (Phi) is 5.58. The molecular formula is C18H11ClF3N3O2S2. The number of aryl methyl sites for hydroxylation is 1. The highest BCUT2D eigenvalue weighted by Crippen LogP contribution is 2.35. The predicted molar refractivity (Wildman–Crippen MR) is 104 cm³/mol. The van der Waals surface area contributed by atoms with E-state index in [-0.39, 0.29) is 10.6 Å². The monoisotopic (exact) mass is 457 g/mol. The third kappa shape index (κ3) is 4.37. The number of sulfone groups is 1. The van der Waals surface area contributed by atoms with Crippen molar-refractivity contribution in [3.63, 3.8) is 0 Å². The number of nitrogens with zero attached hydrogens (tertiary/aromatic N) is 3. The molecule has 0 bridgehead atoms. The molecule has 0 aliphatic heterocycles.